The van der Waals surface area contributed by atoms with Gasteiger partial charge in [0.25, 0.3) is 0 Å². The largest absolute Gasteiger partial charge is 0.497 e. The highest BCUT2D eigenvalue weighted by Gasteiger charge is 2.01. The molecule has 0 atom stereocenters. The highest BCUT2D eigenvalue weighted by Crippen LogP contribution is 2.23. The van der Waals surface area contributed by atoms with Gasteiger partial charge in [0.2, 0.25) is 0 Å². The molecule has 0 unspecified atom stereocenters. The molecule has 3 aromatic rings. The molecule has 0 bridgehead atoms. The van der Waals surface area contributed by atoms with Crippen molar-refractivity contribution in [3.05, 3.63) is 71.8 Å². The van der Waals surface area contributed by atoms with E-state index in [0.29, 0.717) is 0 Å². The lowest BCUT2D eigenvalue weighted by Crippen LogP contribution is -1.90. The number of hydrogen-bond acceptors (Lipinski definition) is 2. The van der Waals surface area contributed by atoms with E-state index in [9.17, 15) is 0 Å². The smallest absolute Gasteiger partial charge is 0.119 e. The van der Waals surface area contributed by atoms with Gasteiger partial charge in [-0.05, 0) is 52.6 Å². The predicted octanol–water partition coefficient (Wildman–Crippen LogP) is 4.45. The van der Waals surface area contributed by atoms with Crippen molar-refractivity contribution in [2.24, 2.45) is 0 Å². The summed E-state index contributed by atoms with van der Waals surface area (Å²) in [6.45, 7) is 0. The first kappa shape index (κ1) is 13.5. The molecule has 0 aliphatic carbocycles. The number of ether oxygens (including phenoxy) is 2. The van der Waals surface area contributed by atoms with Crippen molar-refractivity contribution in [1.82, 2.24) is 0 Å². The third-order valence-corrected chi connectivity index (χ3v) is 3.68. The summed E-state index contributed by atoms with van der Waals surface area (Å²) in [5.41, 5.74) is 2.58. The van der Waals surface area contributed by atoms with Gasteiger partial charge in [-0.1, -0.05) is 36.4 Å². The van der Waals surface area contributed by atoms with Crippen molar-refractivity contribution < 1.29 is 9.47 Å². The summed E-state index contributed by atoms with van der Waals surface area (Å²) in [6, 6.07) is 20.9. The molecule has 0 aliphatic rings. The fourth-order valence-electron chi connectivity index (χ4n) is 2.49. The minimum atomic E-state index is 0.893. The minimum Gasteiger partial charge on any atom is -0.497 e. The molecular weight excluding hydrogens is 260 g/mol. The van der Waals surface area contributed by atoms with E-state index in [0.717, 1.165) is 17.9 Å². The predicted molar refractivity (Wildman–Crippen MR) is 86.3 cm³/mol. The summed E-state index contributed by atoms with van der Waals surface area (Å²) in [6.07, 6.45) is 0.923. The van der Waals surface area contributed by atoms with Crippen LogP contribution in [0.1, 0.15) is 11.1 Å². The molecule has 0 saturated carbocycles. The lowest BCUT2D eigenvalue weighted by Gasteiger charge is -2.07. The van der Waals surface area contributed by atoms with E-state index in [1.54, 1.807) is 14.2 Å². The van der Waals surface area contributed by atoms with Crippen molar-refractivity contribution in [1.29, 1.82) is 0 Å². The van der Waals surface area contributed by atoms with Gasteiger partial charge in [-0.2, -0.15) is 0 Å². The molecule has 2 heteroatoms. The summed E-state index contributed by atoms with van der Waals surface area (Å²) in [7, 11) is 3.38. The van der Waals surface area contributed by atoms with Gasteiger partial charge in [0.05, 0.1) is 14.2 Å². The molecule has 0 amide bonds. The Morgan fingerprint density at radius 1 is 0.619 bits per heavy atom. The molecule has 21 heavy (non-hydrogen) atoms. The highest BCUT2D eigenvalue weighted by molar-refractivity contribution is 5.84. The Bertz CT molecular complexity index is 745. The Labute approximate surface area is 124 Å². The first-order chi connectivity index (χ1) is 10.3. The van der Waals surface area contributed by atoms with Crippen LogP contribution in [-0.2, 0) is 6.42 Å². The zero-order chi connectivity index (χ0) is 14.7. The molecular formula is C19H18O2. The molecule has 3 rings (SSSR count). The molecule has 0 aliphatic heterocycles. The molecule has 106 valence electrons. The summed E-state index contributed by atoms with van der Waals surface area (Å²) < 4.78 is 10.4. The van der Waals surface area contributed by atoms with Gasteiger partial charge < -0.3 is 9.47 Å². The summed E-state index contributed by atoms with van der Waals surface area (Å²) in [4.78, 5) is 0. The van der Waals surface area contributed by atoms with E-state index in [-0.39, 0.29) is 0 Å². The van der Waals surface area contributed by atoms with Crippen LogP contribution in [0.3, 0.4) is 0 Å². The monoisotopic (exact) mass is 278 g/mol. The fraction of sp³-hybridized carbons (Fsp3) is 0.158. The Morgan fingerprint density at radius 3 is 1.90 bits per heavy atom. The van der Waals surface area contributed by atoms with E-state index in [1.165, 1.54) is 21.9 Å². The first-order valence-corrected chi connectivity index (χ1v) is 6.98. The molecule has 0 heterocycles. The van der Waals surface area contributed by atoms with Crippen LogP contribution in [0.25, 0.3) is 10.8 Å². The summed E-state index contributed by atoms with van der Waals surface area (Å²) in [5.74, 6) is 1.79. The first-order valence-electron chi connectivity index (χ1n) is 6.98. The topological polar surface area (TPSA) is 18.5 Å². The van der Waals surface area contributed by atoms with Crippen LogP contribution >= 0.6 is 0 Å². The summed E-state index contributed by atoms with van der Waals surface area (Å²) in [5, 5.41) is 2.44. The average molecular weight is 278 g/mol. The van der Waals surface area contributed by atoms with Crippen LogP contribution in [0.15, 0.2) is 60.7 Å². The molecule has 3 aromatic carbocycles. The Morgan fingerprint density at radius 2 is 1.19 bits per heavy atom. The number of methoxy groups -OCH3 is 2. The number of fused-ring (bicyclic) bond motifs is 1. The van der Waals surface area contributed by atoms with Gasteiger partial charge in [0.1, 0.15) is 11.5 Å². The van der Waals surface area contributed by atoms with Crippen molar-refractivity contribution in [3.8, 4) is 11.5 Å². The van der Waals surface area contributed by atoms with Crippen LogP contribution in [0.2, 0.25) is 0 Å². The van der Waals surface area contributed by atoms with Gasteiger partial charge in [-0.25, -0.2) is 0 Å². The van der Waals surface area contributed by atoms with Gasteiger partial charge in [0.15, 0.2) is 0 Å². The molecule has 2 nitrogen and oxygen atoms in total. The van der Waals surface area contributed by atoms with E-state index < -0.39 is 0 Å². The lowest BCUT2D eigenvalue weighted by molar-refractivity contribution is 0.414. The third-order valence-electron chi connectivity index (χ3n) is 3.68. The van der Waals surface area contributed by atoms with E-state index in [1.807, 2.05) is 18.2 Å². The molecule has 0 N–H and O–H groups in total. The van der Waals surface area contributed by atoms with Gasteiger partial charge in [-0.15, -0.1) is 0 Å². The lowest BCUT2D eigenvalue weighted by atomic mass is 10.0. The second kappa shape index (κ2) is 5.88. The van der Waals surface area contributed by atoms with Crippen LogP contribution in [0.5, 0.6) is 11.5 Å². The van der Waals surface area contributed by atoms with Crippen molar-refractivity contribution in [2.75, 3.05) is 14.2 Å². The van der Waals surface area contributed by atoms with E-state index >= 15 is 0 Å². The van der Waals surface area contributed by atoms with Crippen LogP contribution < -0.4 is 9.47 Å². The van der Waals surface area contributed by atoms with E-state index in [4.69, 9.17) is 9.47 Å². The zero-order valence-corrected chi connectivity index (χ0v) is 12.3. The fourth-order valence-corrected chi connectivity index (χ4v) is 2.49. The van der Waals surface area contributed by atoms with Crippen molar-refractivity contribution >= 4 is 10.8 Å². The van der Waals surface area contributed by atoms with Gasteiger partial charge >= 0.3 is 0 Å². The number of benzene rings is 3. The molecule has 0 spiro atoms. The van der Waals surface area contributed by atoms with Crippen LogP contribution in [-0.4, -0.2) is 14.2 Å². The molecule has 0 radical (unpaired) electrons. The SMILES string of the molecule is COc1ccc(Cc2ccc3cc(OC)ccc3c2)cc1. The van der Waals surface area contributed by atoms with Crippen molar-refractivity contribution in [3.63, 3.8) is 0 Å². The molecule has 0 aromatic heterocycles. The van der Waals surface area contributed by atoms with Gasteiger partial charge in [-0.3, -0.25) is 0 Å². The van der Waals surface area contributed by atoms with Crippen LogP contribution in [0, 0.1) is 0 Å². The third kappa shape index (κ3) is 3.00. The highest BCUT2D eigenvalue weighted by atomic mass is 16.5. The zero-order valence-electron chi connectivity index (χ0n) is 12.3. The maximum atomic E-state index is 5.26. The second-order valence-corrected chi connectivity index (χ2v) is 5.07. The van der Waals surface area contributed by atoms with Gasteiger partial charge in [0, 0.05) is 0 Å². The maximum Gasteiger partial charge on any atom is 0.119 e. The average Bonchev–Trinajstić information content (AvgIpc) is 2.55. The second-order valence-electron chi connectivity index (χ2n) is 5.07. The maximum absolute atomic E-state index is 5.26. The molecule has 0 fully saturated rings. The molecule has 0 saturated heterocycles. The van der Waals surface area contributed by atoms with E-state index in [2.05, 4.69) is 42.5 Å². The normalized spacial score (nSPS) is 10.6. The number of hydrogen-bond donors (Lipinski definition) is 0. The Hall–Kier alpha value is -2.48. The quantitative estimate of drug-likeness (QED) is 0.702. The van der Waals surface area contributed by atoms with Crippen LogP contribution in [0.4, 0.5) is 0 Å². The van der Waals surface area contributed by atoms with Crippen molar-refractivity contribution in [2.45, 2.75) is 6.42 Å². The standard InChI is InChI=1S/C19H18O2/c1-20-18-8-4-14(5-9-18)11-15-3-6-17-13-19(21-2)10-7-16(17)12-15/h3-10,12-13H,11H2,1-2H3. The minimum absolute atomic E-state index is 0.893. The Balaban J connectivity index is 1.86. The summed E-state index contributed by atoms with van der Waals surface area (Å²) >= 11 is 0. The number of rotatable bonds is 4. The Kier molecular flexibility index (Phi) is 3.78.